The van der Waals surface area contributed by atoms with Gasteiger partial charge in [0.15, 0.2) is 5.16 Å². The quantitative estimate of drug-likeness (QED) is 0.792. The molecule has 1 unspecified atom stereocenters. The molecule has 0 spiro atoms. The van der Waals surface area contributed by atoms with Gasteiger partial charge in [0.2, 0.25) is 0 Å². The van der Waals surface area contributed by atoms with Crippen molar-refractivity contribution in [2.75, 3.05) is 6.54 Å². The Morgan fingerprint density at radius 2 is 2.27 bits per heavy atom. The summed E-state index contributed by atoms with van der Waals surface area (Å²) in [6.45, 7) is 3.89. The highest BCUT2D eigenvalue weighted by Gasteiger charge is 2.16. The second-order valence-corrected chi connectivity index (χ2v) is 5.43. The molecule has 2 rings (SSSR count). The smallest absolute Gasteiger partial charge is 0.191 e. The molecule has 2 heterocycles. The lowest BCUT2D eigenvalue weighted by molar-refractivity contribution is 0.590. The topological polar surface area (TPSA) is 56.7 Å². The van der Waals surface area contributed by atoms with Gasteiger partial charge in [-0.25, -0.2) is 0 Å². The fourth-order valence-electron chi connectivity index (χ4n) is 1.77. The first-order valence-electron chi connectivity index (χ1n) is 5.60. The minimum atomic E-state index is 0.418. The van der Waals surface area contributed by atoms with Crippen LogP contribution in [0.3, 0.4) is 0 Å². The Morgan fingerprint density at radius 3 is 3.07 bits per heavy atom. The Hall–Kier alpha value is -0.550. The third kappa shape index (κ3) is 2.52. The Balaban J connectivity index is 2.14. The van der Waals surface area contributed by atoms with Crippen LogP contribution in [0.5, 0.6) is 0 Å². The van der Waals surface area contributed by atoms with Crippen LogP contribution in [-0.2, 0) is 13.0 Å². The van der Waals surface area contributed by atoms with E-state index >= 15 is 0 Å². The normalized spacial score (nSPS) is 18.3. The van der Waals surface area contributed by atoms with Crippen LogP contribution in [0.1, 0.15) is 32.0 Å². The van der Waals surface area contributed by atoms with Gasteiger partial charge in [0.1, 0.15) is 5.82 Å². The number of aryl methyl sites for hydroxylation is 1. The third-order valence-electron chi connectivity index (χ3n) is 2.71. The van der Waals surface area contributed by atoms with Gasteiger partial charge in [-0.15, -0.1) is 10.2 Å². The van der Waals surface area contributed by atoms with E-state index in [1.807, 2.05) is 0 Å². The number of thioether (sulfide) groups is 1. The molecule has 0 radical (unpaired) electrons. The molecule has 0 fully saturated rings. The van der Waals surface area contributed by atoms with Gasteiger partial charge in [-0.3, -0.25) is 0 Å². The summed E-state index contributed by atoms with van der Waals surface area (Å²) >= 11 is 1.74. The Bertz CT molecular complexity index is 323. The highest BCUT2D eigenvalue weighted by molar-refractivity contribution is 7.99. The van der Waals surface area contributed by atoms with Crippen LogP contribution in [0.2, 0.25) is 0 Å². The fraction of sp³-hybridized carbons (Fsp3) is 0.800. The van der Waals surface area contributed by atoms with Gasteiger partial charge < -0.3 is 10.3 Å². The summed E-state index contributed by atoms with van der Waals surface area (Å²) in [5.74, 6) is 1.15. The van der Waals surface area contributed by atoms with Crippen molar-refractivity contribution < 1.29 is 0 Å². The fourth-order valence-corrected chi connectivity index (χ4v) is 2.64. The molecule has 5 heteroatoms. The Kier molecular flexibility index (Phi) is 3.64. The lowest BCUT2D eigenvalue weighted by atomic mass is 10.2. The highest BCUT2D eigenvalue weighted by Crippen LogP contribution is 2.24. The van der Waals surface area contributed by atoms with Crippen molar-refractivity contribution in [3.63, 3.8) is 0 Å². The first kappa shape index (κ1) is 11.0. The monoisotopic (exact) mass is 226 g/mol. The summed E-state index contributed by atoms with van der Waals surface area (Å²) < 4.78 is 2.27. The van der Waals surface area contributed by atoms with Crippen molar-refractivity contribution in [3.8, 4) is 0 Å². The minimum Gasteiger partial charge on any atom is -0.329 e. The zero-order valence-corrected chi connectivity index (χ0v) is 9.96. The van der Waals surface area contributed by atoms with Crippen molar-refractivity contribution in [2.24, 2.45) is 5.73 Å². The Morgan fingerprint density at radius 1 is 1.40 bits per heavy atom. The van der Waals surface area contributed by atoms with E-state index in [0.717, 1.165) is 23.9 Å². The van der Waals surface area contributed by atoms with E-state index in [1.165, 1.54) is 19.3 Å². The van der Waals surface area contributed by atoms with E-state index in [1.54, 1.807) is 11.8 Å². The molecular weight excluding hydrogens is 208 g/mol. The first-order valence-corrected chi connectivity index (χ1v) is 6.48. The lowest BCUT2D eigenvalue weighted by Crippen LogP contribution is -2.14. The predicted octanol–water partition coefficient (Wildman–Crippen LogP) is 1.44. The standard InChI is InChI=1S/C10H18N4S/c1-8(7-11)15-10-13-12-9-5-3-2-4-6-14(9)10/h8H,2-7,11H2,1H3. The van der Waals surface area contributed by atoms with E-state index in [2.05, 4.69) is 21.7 Å². The molecule has 1 aliphatic rings. The van der Waals surface area contributed by atoms with Gasteiger partial charge in [-0.2, -0.15) is 0 Å². The molecule has 4 nitrogen and oxygen atoms in total. The summed E-state index contributed by atoms with van der Waals surface area (Å²) in [4.78, 5) is 0. The molecule has 0 saturated carbocycles. The maximum Gasteiger partial charge on any atom is 0.191 e. The van der Waals surface area contributed by atoms with E-state index < -0.39 is 0 Å². The average molecular weight is 226 g/mol. The summed E-state index contributed by atoms with van der Waals surface area (Å²) in [7, 11) is 0. The van der Waals surface area contributed by atoms with E-state index in [9.17, 15) is 0 Å². The highest BCUT2D eigenvalue weighted by atomic mass is 32.2. The molecule has 1 atom stereocenters. The first-order chi connectivity index (χ1) is 7.31. The van der Waals surface area contributed by atoms with Crippen molar-refractivity contribution in [2.45, 2.75) is 49.6 Å². The van der Waals surface area contributed by atoms with Crippen LogP contribution in [0.25, 0.3) is 0 Å². The van der Waals surface area contributed by atoms with E-state index in [4.69, 9.17) is 5.73 Å². The average Bonchev–Trinajstić information content (AvgIpc) is 2.50. The van der Waals surface area contributed by atoms with Crippen LogP contribution in [0.15, 0.2) is 5.16 Å². The molecule has 1 aromatic heterocycles. The maximum atomic E-state index is 5.62. The summed E-state index contributed by atoms with van der Waals surface area (Å²) in [5.41, 5.74) is 5.62. The van der Waals surface area contributed by atoms with Crippen molar-refractivity contribution in [3.05, 3.63) is 5.82 Å². The molecule has 0 bridgehead atoms. The Labute approximate surface area is 94.6 Å². The molecule has 1 aliphatic heterocycles. The largest absolute Gasteiger partial charge is 0.329 e. The number of nitrogens with two attached hydrogens (primary N) is 1. The zero-order chi connectivity index (χ0) is 10.7. The van der Waals surface area contributed by atoms with Crippen LogP contribution in [-0.4, -0.2) is 26.6 Å². The summed E-state index contributed by atoms with van der Waals surface area (Å²) in [5, 5.41) is 9.97. The van der Waals surface area contributed by atoms with Gasteiger partial charge in [0.25, 0.3) is 0 Å². The predicted molar refractivity (Wildman–Crippen MR) is 62.0 cm³/mol. The third-order valence-corrected chi connectivity index (χ3v) is 3.82. The van der Waals surface area contributed by atoms with Gasteiger partial charge >= 0.3 is 0 Å². The van der Waals surface area contributed by atoms with E-state index in [-0.39, 0.29) is 0 Å². The number of fused-ring (bicyclic) bond motifs is 1. The summed E-state index contributed by atoms with van der Waals surface area (Å²) in [6, 6.07) is 0. The molecule has 0 amide bonds. The molecule has 0 aliphatic carbocycles. The molecule has 1 aromatic rings. The molecule has 2 N–H and O–H groups in total. The molecule has 15 heavy (non-hydrogen) atoms. The SMILES string of the molecule is CC(CN)Sc1nnc2n1CCCCC2. The molecule has 0 saturated heterocycles. The van der Waals surface area contributed by atoms with Crippen LogP contribution in [0.4, 0.5) is 0 Å². The minimum absolute atomic E-state index is 0.418. The number of nitrogens with zero attached hydrogens (tertiary/aromatic N) is 3. The van der Waals surface area contributed by atoms with Crippen molar-refractivity contribution in [1.82, 2.24) is 14.8 Å². The number of hydrogen-bond acceptors (Lipinski definition) is 4. The molecule has 84 valence electrons. The second kappa shape index (κ2) is 4.99. The zero-order valence-electron chi connectivity index (χ0n) is 9.15. The van der Waals surface area contributed by atoms with Gasteiger partial charge in [0, 0.05) is 24.8 Å². The van der Waals surface area contributed by atoms with Crippen LogP contribution < -0.4 is 5.73 Å². The number of aromatic nitrogens is 3. The second-order valence-electron chi connectivity index (χ2n) is 4.03. The van der Waals surface area contributed by atoms with Crippen molar-refractivity contribution in [1.29, 1.82) is 0 Å². The van der Waals surface area contributed by atoms with Gasteiger partial charge in [0.05, 0.1) is 0 Å². The van der Waals surface area contributed by atoms with Gasteiger partial charge in [-0.05, 0) is 12.8 Å². The number of rotatable bonds is 3. The van der Waals surface area contributed by atoms with Crippen LogP contribution in [0, 0.1) is 0 Å². The summed E-state index contributed by atoms with van der Waals surface area (Å²) in [6.07, 6.45) is 4.87. The van der Waals surface area contributed by atoms with E-state index in [0.29, 0.717) is 11.8 Å². The lowest BCUT2D eigenvalue weighted by Gasteiger charge is -2.09. The maximum absolute atomic E-state index is 5.62. The van der Waals surface area contributed by atoms with Crippen molar-refractivity contribution >= 4 is 11.8 Å². The molecular formula is C10H18N4S. The molecule has 0 aromatic carbocycles. The van der Waals surface area contributed by atoms with Gasteiger partial charge in [-0.1, -0.05) is 25.1 Å². The number of hydrogen-bond donors (Lipinski definition) is 1. The van der Waals surface area contributed by atoms with Crippen LogP contribution >= 0.6 is 11.8 Å².